The van der Waals surface area contributed by atoms with E-state index in [0.717, 1.165) is 0 Å². The number of hydrogen-bond acceptors (Lipinski definition) is 3. The van der Waals surface area contributed by atoms with Gasteiger partial charge in [0.1, 0.15) is 6.04 Å². The summed E-state index contributed by atoms with van der Waals surface area (Å²) in [5.41, 5.74) is 0.609. The van der Waals surface area contributed by atoms with Crippen LogP contribution in [-0.2, 0) is 4.79 Å². The van der Waals surface area contributed by atoms with E-state index in [-0.39, 0.29) is 12.6 Å². The largest absolute Gasteiger partial charge is 0.480 e. The number of terminal acetylenes is 1. The first-order valence-corrected chi connectivity index (χ1v) is 4.99. The Balaban J connectivity index is 2.97. The normalized spacial score (nSPS) is 12.4. The lowest BCUT2D eigenvalue weighted by Gasteiger charge is -2.17. The predicted molar refractivity (Wildman–Crippen MR) is 59.8 cm³/mol. The van der Waals surface area contributed by atoms with Gasteiger partial charge in [-0.1, -0.05) is 5.92 Å². The minimum absolute atomic E-state index is 0.159. The Labute approximate surface area is 94.5 Å². The fraction of sp³-hybridized carbons (Fsp3) is 0.455. The van der Waals surface area contributed by atoms with Crippen LogP contribution in [0.25, 0.3) is 0 Å². The maximum Gasteiger partial charge on any atom is 0.326 e. The molecule has 86 valence electrons. The van der Waals surface area contributed by atoms with E-state index in [2.05, 4.69) is 16.2 Å². The van der Waals surface area contributed by atoms with Gasteiger partial charge in [0.2, 0.25) is 0 Å². The van der Waals surface area contributed by atoms with Crippen molar-refractivity contribution in [3.63, 3.8) is 0 Å². The van der Waals surface area contributed by atoms with Crippen LogP contribution in [0, 0.1) is 12.3 Å². The molecule has 0 amide bonds. The van der Waals surface area contributed by atoms with Crippen LogP contribution >= 0.6 is 0 Å². The number of imidazole rings is 1. The average Bonchev–Trinajstić information content (AvgIpc) is 2.66. The number of rotatable bonds is 5. The van der Waals surface area contributed by atoms with Gasteiger partial charge in [-0.15, -0.1) is 6.42 Å². The second-order valence-corrected chi connectivity index (χ2v) is 3.68. The third-order valence-electron chi connectivity index (χ3n) is 2.20. The number of carbonyl (C=O) groups is 1. The second kappa shape index (κ2) is 5.33. The monoisotopic (exact) mass is 221 g/mol. The van der Waals surface area contributed by atoms with Crippen molar-refractivity contribution in [2.45, 2.75) is 25.9 Å². The molecule has 0 saturated heterocycles. The highest BCUT2D eigenvalue weighted by Crippen LogP contribution is 2.17. The standard InChI is InChI=1S/C11H15N3O2/c1-4-5-13-10(11(15)16)9-6-12-7-14(9)8(2)3/h1,6-8,10,13H,5H2,2-3H3,(H,15,16). The lowest BCUT2D eigenvalue weighted by atomic mass is 10.2. The van der Waals surface area contributed by atoms with E-state index < -0.39 is 12.0 Å². The molecular formula is C11H15N3O2. The zero-order valence-electron chi connectivity index (χ0n) is 9.34. The van der Waals surface area contributed by atoms with Crippen LogP contribution in [0.15, 0.2) is 12.5 Å². The average molecular weight is 221 g/mol. The molecule has 0 aliphatic heterocycles. The summed E-state index contributed by atoms with van der Waals surface area (Å²) < 4.78 is 1.81. The Hall–Kier alpha value is -1.80. The highest BCUT2D eigenvalue weighted by Gasteiger charge is 2.23. The fourth-order valence-electron chi connectivity index (χ4n) is 1.45. The summed E-state index contributed by atoms with van der Waals surface area (Å²) in [6.07, 6.45) is 8.26. The van der Waals surface area contributed by atoms with Crippen molar-refractivity contribution >= 4 is 5.97 Å². The molecule has 0 aliphatic rings. The Morgan fingerprint density at radius 3 is 2.94 bits per heavy atom. The molecule has 5 nitrogen and oxygen atoms in total. The van der Waals surface area contributed by atoms with Crippen LogP contribution in [0.5, 0.6) is 0 Å². The molecule has 1 atom stereocenters. The Kier molecular flexibility index (Phi) is 4.09. The van der Waals surface area contributed by atoms with Gasteiger partial charge in [0, 0.05) is 6.04 Å². The number of hydrogen-bond donors (Lipinski definition) is 2. The molecule has 5 heteroatoms. The summed E-state index contributed by atoms with van der Waals surface area (Å²) in [6.45, 7) is 4.14. The lowest BCUT2D eigenvalue weighted by Crippen LogP contribution is -2.30. The second-order valence-electron chi connectivity index (χ2n) is 3.68. The van der Waals surface area contributed by atoms with Gasteiger partial charge in [-0.05, 0) is 13.8 Å². The number of carboxylic acids is 1. The van der Waals surface area contributed by atoms with Gasteiger partial charge in [-0.2, -0.15) is 0 Å². The topological polar surface area (TPSA) is 67.2 Å². The van der Waals surface area contributed by atoms with Crippen molar-refractivity contribution in [1.82, 2.24) is 14.9 Å². The van der Waals surface area contributed by atoms with E-state index in [9.17, 15) is 4.79 Å². The first kappa shape index (κ1) is 12.3. The van der Waals surface area contributed by atoms with Gasteiger partial charge >= 0.3 is 5.97 Å². The van der Waals surface area contributed by atoms with Gasteiger partial charge in [-0.25, -0.2) is 4.98 Å². The summed E-state index contributed by atoms with van der Waals surface area (Å²) in [6, 6.07) is -0.659. The Bertz CT molecular complexity index is 404. The van der Waals surface area contributed by atoms with Crippen molar-refractivity contribution in [2.24, 2.45) is 0 Å². The van der Waals surface area contributed by atoms with Gasteiger partial charge in [0.25, 0.3) is 0 Å². The highest BCUT2D eigenvalue weighted by atomic mass is 16.4. The van der Waals surface area contributed by atoms with Crippen molar-refractivity contribution < 1.29 is 9.90 Å². The number of aromatic nitrogens is 2. The molecule has 2 N–H and O–H groups in total. The molecule has 0 saturated carbocycles. The van der Waals surface area contributed by atoms with E-state index in [1.54, 1.807) is 12.5 Å². The third kappa shape index (κ3) is 2.61. The summed E-state index contributed by atoms with van der Waals surface area (Å²) in [5.74, 6) is 1.40. The number of nitrogens with zero attached hydrogens (tertiary/aromatic N) is 2. The lowest BCUT2D eigenvalue weighted by molar-refractivity contribution is -0.139. The quantitative estimate of drug-likeness (QED) is 0.722. The molecular weight excluding hydrogens is 206 g/mol. The molecule has 0 radical (unpaired) electrons. The van der Waals surface area contributed by atoms with Gasteiger partial charge in [0.15, 0.2) is 0 Å². The summed E-state index contributed by atoms with van der Waals surface area (Å²) >= 11 is 0. The van der Waals surface area contributed by atoms with E-state index in [4.69, 9.17) is 11.5 Å². The van der Waals surface area contributed by atoms with E-state index in [0.29, 0.717) is 5.69 Å². The van der Waals surface area contributed by atoms with Crippen LogP contribution < -0.4 is 5.32 Å². The van der Waals surface area contributed by atoms with E-state index in [1.165, 1.54) is 0 Å². The molecule has 0 fully saturated rings. The maximum atomic E-state index is 11.1. The van der Waals surface area contributed by atoms with Crippen molar-refractivity contribution in [1.29, 1.82) is 0 Å². The Morgan fingerprint density at radius 2 is 2.44 bits per heavy atom. The summed E-state index contributed by atoms with van der Waals surface area (Å²) in [7, 11) is 0. The minimum Gasteiger partial charge on any atom is -0.480 e. The molecule has 1 rings (SSSR count). The number of carboxylic acid groups (broad SMARTS) is 1. The maximum absolute atomic E-state index is 11.1. The molecule has 0 aliphatic carbocycles. The molecule has 0 bridgehead atoms. The first-order valence-electron chi connectivity index (χ1n) is 4.99. The predicted octanol–water partition coefficient (Wildman–Crippen LogP) is 0.812. The highest BCUT2D eigenvalue weighted by molar-refractivity contribution is 5.74. The summed E-state index contributed by atoms with van der Waals surface area (Å²) in [5, 5.41) is 11.9. The minimum atomic E-state index is -0.961. The first-order chi connectivity index (χ1) is 7.57. The molecule has 1 aromatic rings. The SMILES string of the molecule is C#CCNC(C(=O)O)c1cncn1C(C)C. The molecule has 0 spiro atoms. The van der Waals surface area contributed by atoms with Gasteiger partial charge < -0.3 is 9.67 Å². The summed E-state index contributed by atoms with van der Waals surface area (Å²) in [4.78, 5) is 15.1. The zero-order valence-corrected chi connectivity index (χ0v) is 9.34. The van der Waals surface area contributed by atoms with Crippen molar-refractivity contribution in [2.75, 3.05) is 6.54 Å². The van der Waals surface area contributed by atoms with E-state index >= 15 is 0 Å². The van der Waals surface area contributed by atoms with Crippen LogP contribution in [0.1, 0.15) is 31.6 Å². The number of nitrogens with one attached hydrogen (secondary N) is 1. The zero-order chi connectivity index (χ0) is 12.1. The molecule has 0 aromatic carbocycles. The van der Waals surface area contributed by atoms with Crippen molar-refractivity contribution in [3.8, 4) is 12.3 Å². The molecule has 1 aromatic heterocycles. The van der Waals surface area contributed by atoms with Gasteiger partial charge in [-0.3, -0.25) is 10.1 Å². The van der Waals surface area contributed by atoms with E-state index in [1.807, 2.05) is 18.4 Å². The van der Waals surface area contributed by atoms with Crippen LogP contribution in [0.4, 0.5) is 0 Å². The van der Waals surface area contributed by atoms with Crippen LogP contribution in [0.2, 0.25) is 0 Å². The van der Waals surface area contributed by atoms with Crippen molar-refractivity contribution in [3.05, 3.63) is 18.2 Å². The number of aliphatic carboxylic acids is 1. The van der Waals surface area contributed by atoms with Crippen LogP contribution in [0.3, 0.4) is 0 Å². The van der Waals surface area contributed by atoms with Gasteiger partial charge in [0.05, 0.1) is 24.8 Å². The smallest absolute Gasteiger partial charge is 0.326 e. The van der Waals surface area contributed by atoms with Crippen LogP contribution in [-0.4, -0.2) is 27.2 Å². The molecule has 1 heterocycles. The molecule has 1 unspecified atom stereocenters. The Morgan fingerprint density at radius 1 is 1.75 bits per heavy atom. The molecule has 16 heavy (non-hydrogen) atoms. The fourth-order valence-corrected chi connectivity index (χ4v) is 1.45. The third-order valence-corrected chi connectivity index (χ3v) is 2.20.